The Morgan fingerprint density at radius 2 is 2.06 bits per heavy atom. The smallest absolute Gasteiger partial charge is 0.420 e. The predicted octanol–water partition coefficient (Wildman–Crippen LogP) is 4.79. The number of halogens is 4. The van der Waals surface area contributed by atoms with Crippen LogP contribution >= 0.6 is 11.8 Å². The molecule has 2 aromatic heterocycles. The van der Waals surface area contributed by atoms with E-state index in [0.29, 0.717) is 38.7 Å². The summed E-state index contributed by atoms with van der Waals surface area (Å²) in [5.41, 5.74) is 4.16. The summed E-state index contributed by atoms with van der Waals surface area (Å²) >= 11 is 0.932. The largest absolute Gasteiger partial charge is 0.463 e. The van der Waals surface area contributed by atoms with E-state index >= 15 is 13.2 Å². The molecule has 0 amide bonds. The highest BCUT2D eigenvalue weighted by Crippen LogP contribution is 2.53. The number of allylic oxidation sites excluding steroid dienone is 4. The highest BCUT2D eigenvalue weighted by atomic mass is 32.2. The van der Waals surface area contributed by atoms with Crippen molar-refractivity contribution < 1.29 is 27.0 Å². The van der Waals surface area contributed by atoms with E-state index < -0.39 is 34.4 Å². The quantitative estimate of drug-likeness (QED) is 0.373. The molecular weight excluding hydrogens is 648 g/mol. The minimum absolute atomic E-state index is 0.0256. The average Bonchev–Trinajstić information content (AvgIpc) is 3.75. The molecule has 0 radical (unpaired) electrons. The van der Waals surface area contributed by atoms with Gasteiger partial charge in [-0.05, 0) is 37.8 Å². The van der Waals surface area contributed by atoms with Gasteiger partial charge in [0.15, 0.2) is 0 Å². The maximum atomic E-state index is 15.3. The molecule has 5 heterocycles. The van der Waals surface area contributed by atoms with Crippen molar-refractivity contribution in [2.24, 2.45) is 17.1 Å². The van der Waals surface area contributed by atoms with Crippen LogP contribution in [-0.2, 0) is 10.9 Å². The molecule has 15 heteroatoms. The number of rotatable bonds is 8. The first-order valence-electron chi connectivity index (χ1n) is 16.4. The van der Waals surface area contributed by atoms with Gasteiger partial charge in [-0.25, -0.2) is 4.39 Å². The molecule has 2 saturated heterocycles. The molecule has 4 atom stereocenters. The summed E-state index contributed by atoms with van der Waals surface area (Å²) in [5.74, 6) is -1.27. The minimum Gasteiger partial charge on any atom is -0.463 e. The number of piperazine rings is 1. The van der Waals surface area contributed by atoms with Crippen LogP contribution in [0.4, 0.5) is 23.4 Å². The van der Waals surface area contributed by atoms with Crippen LogP contribution < -0.4 is 20.7 Å². The van der Waals surface area contributed by atoms with Gasteiger partial charge in [-0.15, -0.1) is 0 Å². The van der Waals surface area contributed by atoms with Crippen LogP contribution in [0, 0.1) is 22.7 Å². The lowest BCUT2D eigenvalue weighted by molar-refractivity contribution is -0.136. The van der Waals surface area contributed by atoms with Gasteiger partial charge in [-0.3, -0.25) is 9.88 Å². The zero-order valence-corrected chi connectivity index (χ0v) is 27.6. The Bertz CT molecular complexity index is 1740. The van der Waals surface area contributed by atoms with Crippen molar-refractivity contribution in [3.8, 4) is 12.1 Å². The van der Waals surface area contributed by atoms with Crippen LogP contribution in [0.3, 0.4) is 0 Å². The van der Waals surface area contributed by atoms with Crippen molar-refractivity contribution in [3.05, 3.63) is 46.0 Å². The van der Waals surface area contributed by atoms with Gasteiger partial charge < -0.3 is 25.4 Å². The fraction of sp³-hybridized carbons (Fsp3) is 0.576. The van der Waals surface area contributed by atoms with Gasteiger partial charge in [0.1, 0.15) is 17.2 Å². The second-order valence-electron chi connectivity index (χ2n) is 13.3. The Morgan fingerprint density at radius 3 is 2.77 bits per heavy atom. The molecule has 5 aliphatic rings. The van der Waals surface area contributed by atoms with E-state index in [-0.39, 0.29) is 57.2 Å². The Balaban J connectivity index is 1.33. The number of morpholine rings is 1. The lowest BCUT2D eigenvalue weighted by atomic mass is 9.82. The van der Waals surface area contributed by atoms with Gasteiger partial charge in [0.25, 0.3) is 0 Å². The van der Waals surface area contributed by atoms with Crippen LogP contribution in [0.25, 0.3) is 16.5 Å². The zero-order valence-electron chi connectivity index (χ0n) is 26.8. The molecule has 2 aliphatic carbocycles. The summed E-state index contributed by atoms with van der Waals surface area (Å²) in [6.07, 6.45) is 1.54. The number of thioether (sulfide) groups is 1. The SMILES string of the molecule is CCC1CN(c2nc(OCC3(CN4CCOC[C@H]4C)CC3)nc3c(C(F)(F)F)c(C4=CC=C(F)C5SC(N)=C(C#N)C45)ncc23)CCN1. The fourth-order valence-corrected chi connectivity index (χ4v) is 8.32. The van der Waals surface area contributed by atoms with E-state index in [1.165, 1.54) is 12.3 Å². The molecule has 2 aromatic rings. The van der Waals surface area contributed by atoms with Crippen LogP contribution in [-0.4, -0.2) is 89.7 Å². The van der Waals surface area contributed by atoms with Crippen molar-refractivity contribution in [2.45, 2.75) is 56.6 Å². The Hall–Kier alpha value is -3.45. The number of nitrogens with one attached hydrogen (secondary N) is 1. The number of aromatic nitrogens is 3. The number of pyridine rings is 1. The number of fused-ring (bicyclic) bond motifs is 2. The van der Waals surface area contributed by atoms with E-state index in [9.17, 15) is 9.65 Å². The lowest BCUT2D eigenvalue weighted by Crippen LogP contribution is -2.50. The molecule has 3 fully saturated rings. The molecule has 3 aliphatic heterocycles. The zero-order chi connectivity index (χ0) is 33.8. The van der Waals surface area contributed by atoms with Gasteiger partial charge in [0.2, 0.25) is 0 Å². The molecular formula is C33H38F4N8O2S. The molecule has 0 bridgehead atoms. The van der Waals surface area contributed by atoms with Crippen molar-refractivity contribution in [3.63, 3.8) is 0 Å². The molecule has 3 N–H and O–H groups in total. The van der Waals surface area contributed by atoms with Gasteiger partial charge >= 0.3 is 12.2 Å². The molecule has 3 unspecified atom stereocenters. The molecule has 7 rings (SSSR count). The molecule has 0 spiro atoms. The third kappa shape index (κ3) is 6.12. The van der Waals surface area contributed by atoms with E-state index in [4.69, 9.17) is 20.2 Å². The maximum absolute atomic E-state index is 15.3. The minimum atomic E-state index is -4.91. The van der Waals surface area contributed by atoms with E-state index in [2.05, 4.69) is 27.1 Å². The van der Waals surface area contributed by atoms with Crippen LogP contribution in [0.1, 0.15) is 44.4 Å². The highest BCUT2D eigenvalue weighted by molar-refractivity contribution is 8.04. The lowest BCUT2D eigenvalue weighted by Gasteiger charge is -2.36. The Labute approximate surface area is 280 Å². The van der Waals surface area contributed by atoms with Gasteiger partial charge in [-0.1, -0.05) is 24.8 Å². The van der Waals surface area contributed by atoms with E-state index in [1.807, 2.05) is 17.9 Å². The number of nitrogens with zero attached hydrogens (tertiary/aromatic N) is 6. The third-order valence-electron chi connectivity index (χ3n) is 10.1. The maximum Gasteiger partial charge on any atom is 0.420 e. The molecule has 48 heavy (non-hydrogen) atoms. The van der Waals surface area contributed by atoms with Crippen LogP contribution in [0.15, 0.2) is 34.8 Å². The Morgan fingerprint density at radius 1 is 1.25 bits per heavy atom. The molecule has 10 nitrogen and oxygen atoms in total. The second-order valence-corrected chi connectivity index (χ2v) is 14.5. The first-order chi connectivity index (χ1) is 23.0. The van der Waals surface area contributed by atoms with Crippen molar-refractivity contribution in [1.29, 1.82) is 5.26 Å². The normalized spacial score (nSPS) is 27.4. The Kier molecular flexibility index (Phi) is 8.80. The number of nitrogens with two attached hydrogens (primary N) is 1. The number of alkyl halides is 3. The van der Waals surface area contributed by atoms with E-state index in [0.717, 1.165) is 50.2 Å². The summed E-state index contributed by atoms with van der Waals surface area (Å²) in [4.78, 5) is 17.9. The van der Waals surface area contributed by atoms with Gasteiger partial charge in [0.05, 0.1) is 58.3 Å². The third-order valence-corrected chi connectivity index (χ3v) is 11.3. The molecule has 0 aromatic carbocycles. The molecule has 1 saturated carbocycles. The fourth-order valence-electron chi connectivity index (χ4n) is 7.13. The van der Waals surface area contributed by atoms with Crippen molar-refractivity contribution in [2.75, 3.05) is 57.4 Å². The number of nitriles is 1. The number of ether oxygens (including phenoxy) is 2. The van der Waals surface area contributed by atoms with Crippen molar-refractivity contribution in [1.82, 2.24) is 25.2 Å². The highest BCUT2D eigenvalue weighted by Gasteiger charge is 2.48. The van der Waals surface area contributed by atoms with Crippen LogP contribution in [0.2, 0.25) is 0 Å². The first-order valence-corrected chi connectivity index (χ1v) is 17.2. The van der Waals surface area contributed by atoms with Gasteiger partial charge in [0, 0.05) is 62.3 Å². The summed E-state index contributed by atoms with van der Waals surface area (Å²) < 4.78 is 72.7. The number of anilines is 1. The van der Waals surface area contributed by atoms with E-state index in [1.54, 1.807) is 0 Å². The van der Waals surface area contributed by atoms with Crippen LogP contribution in [0.5, 0.6) is 6.01 Å². The predicted molar refractivity (Wildman–Crippen MR) is 175 cm³/mol. The van der Waals surface area contributed by atoms with Gasteiger partial charge in [-0.2, -0.15) is 28.4 Å². The monoisotopic (exact) mass is 686 g/mol. The standard InChI is InChI=1S/C33H38F4N8O2S/c1-3-19-14-44(9-8-40-19)30-22-13-41-26(20-4-5-23(34)28-24(20)21(12-38)29(39)48-28)25(33(35,36)37)27(22)42-31(43-30)47-17-32(6-7-32)16-45-10-11-46-15-18(45)2/h4-5,13,18-19,24,28,40H,3,6-11,14-17,39H2,1-2H3/t18-,19?,24?,28?/m1/s1. The number of hydrogen-bond acceptors (Lipinski definition) is 11. The number of hydrogen-bond donors (Lipinski definition) is 2. The summed E-state index contributed by atoms with van der Waals surface area (Å²) in [6, 6.07) is 2.25. The first kappa shape index (κ1) is 33.1. The summed E-state index contributed by atoms with van der Waals surface area (Å²) in [6.45, 7) is 9.07. The summed E-state index contributed by atoms with van der Waals surface area (Å²) in [5, 5.41) is 12.6. The topological polar surface area (TPSA) is 125 Å². The molecule has 256 valence electrons. The summed E-state index contributed by atoms with van der Waals surface area (Å²) in [7, 11) is 0. The van der Waals surface area contributed by atoms with Crippen molar-refractivity contribution >= 4 is 34.1 Å². The average molecular weight is 687 g/mol. The second kappa shape index (κ2) is 12.8.